The lowest BCUT2D eigenvalue weighted by molar-refractivity contribution is 0.0407. The summed E-state index contributed by atoms with van der Waals surface area (Å²) in [6.07, 6.45) is 15.8. The Hall–Kier alpha value is -0.830. The van der Waals surface area contributed by atoms with Crippen LogP contribution >= 0.6 is 24.0 Å². The van der Waals surface area contributed by atoms with Crippen molar-refractivity contribution in [2.45, 2.75) is 70.3 Å². The molecule has 1 aromatic heterocycles. The third-order valence-corrected chi connectivity index (χ3v) is 6.15. The topological polar surface area (TPSA) is 57.5 Å². The lowest BCUT2D eigenvalue weighted by Gasteiger charge is -2.47. The molecule has 2 N–H and O–H groups in total. The highest BCUT2D eigenvalue weighted by Crippen LogP contribution is 2.35. The fraction of sp³-hybridized carbons (Fsp3) is 0.810. The van der Waals surface area contributed by atoms with E-state index < -0.39 is 0 Å². The molecule has 1 aliphatic heterocycles. The molecular weight excluding hydrogens is 463 g/mol. The molecule has 7 heteroatoms. The van der Waals surface area contributed by atoms with Gasteiger partial charge in [0, 0.05) is 31.9 Å². The molecule has 160 valence electrons. The van der Waals surface area contributed by atoms with E-state index in [1.807, 2.05) is 17.9 Å². The third-order valence-electron chi connectivity index (χ3n) is 6.15. The molecule has 0 amide bonds. The van der Waals surface area contributed by atoms with Crippen LogP contribution < -0.4 is 10.6 Å². The summed E-state index contributed by atoms with van der Waals surface area (Å²) in [6.45, 7) is 7.37. The number of guanidine groups is 1. The number of aliphatic imine (C=N–C) groups is 1. The van der Waals surface area contributed by atoms with Gasteiger partial charge in [-0.15, -0.1) is 24.0 Å². The van der Waals surface area contributed by atoms with Crippen LogP contribution in [0.15, 0.2) is 17.4 Å². The number of aromatic nitrogens is 2. The van der Waals surface area contributed by atoms with Gasteiger partial charge in [0.25, 0.3) is 0 Å². The van der Waals surface area contributed by atoms with Gasteiger partial charge < -0.3 is 10.6 Å². The predicted molar refractivity (Wildman–Crippen MR) is 128 cm³/mol. The van der Waals surface area contributed by atoms with Crippen LogP contribution in [-0.4, -0.2) is 58.9 Å². The Bertz CT molecular complexity index is 587. The zero-order chi connectivity index (χ0) is 19.0. The molecule has 1 aromatic rings. The minimum absolute atomic E-state index is 0. The van der Waals surface area contributed by atoms with Crippen molar-refractivity contribution >= 4 is 29.9 Å². The lowest BCUT2D eigenvalue weighted by atomic mass is 9.79. The number of hydrogen-bond acceptors (Lipinski definition) is 3. The third kappa shape index (κ3) is 6.61. The van der Waals surface area contributed by atoms with Crippen molar-refractivity contribution in [3.05, 3.63) is 18.0 Å². The number of likely N-dealkylation sites (tertiary alicyclic amines) is 1. The van der Waals surface area contributed by atoms with E-state index in [0.717, 1.165) is 32.0 Å². The Kier molecular flexibility index (Phi) is 10.0. The van der Waals surface area contributed by atoms with Crippen molar-refractivity contribution < 1.29 is 0 Å². The van der Waals surface area contributed by atoms with E-state index in [1.165, 1.54) is 70.0 Å². The van der Waals surface area contributed by atoms with Crippen LogP contribution in [0, 0.1) is 0 Å². The predicted octanol–water partition coefficient (Wildman–Crippen LogP) is 3.32. The highest BCUT2D eigenvalue weighted by atomic mass is 127. The molecule has 0 aromatic carbocycles. The highest BCUT2D eigenvalue weighted by molar-refractivity contribution is 14.0. The maximum atomic E-state index is 5.05. The van der Waals surface area contributed by atoms with Gasteiger partial charge in [-0.05, 0) is 57.7 Å². The van der Waals surface area contributed by atoms with E-state index in [-0.39, 0.29) is 24.0 Å². The molecule has 2 fully saturated rings. The van der Waals surface area contributed by atoms with Crippen LogP contribution in [0.4, 0.5) is 0 Å². The first-order valence-corrected chi connectivity index (χ1v) is 11.0. The van der Waals surface area contributed by atoms with Crippen LogP contribution in [0.1, 0.15) is 63.9 Å². The highest BCUT2D eigenvalue weighted by Gasteiger charge is 2.38. The summed E-state index contributed by atoms with van der Waals surface area (Å²) < 4.78 is 1.86. The SMILES string of the molecule is CCNC(=NCC1(N2CCCCC2)CCCCC1)NCCc1cnn(C)c1.I. The molecular formula is C21H39IN6. The van der Waals surface area contributed by atoms with Gasteiger partial charge in [0.1, 0.15) is 0 Å². The van der Waals surface area contributed by atoms with Crippen molar-refractivity contribution in [2.24, 2.45) is 12.0 Å². The zero-order valence-electron chi connectivity index (χ0n) is 17.8. The van der Waals surface area contributed by atoms with Crippen molar-refractivity contribution in [3.8, 4) is 0 Å². The van der Waals surface area contributed by atoms with Crippen LogP contribution in [-0.2, 0) is 13.5 Å². The van der Waals surface area contributed by atoms with E-state index >= 15 is 0 Å². The van der Waals surface area contributed by atoms with Gasteiger partial charge >= 0.3 is 0 Å². The largest absolute Gasteiger partial charge is 0.357 e. The Labute approximate surface area is 187 Å². The number of nitrogens with zero attached hydrogens (tertiary/aromatic N) is 4. The summed E-state index contributed by atoms with van der Waals surface area (Å²) in [5.41, 5.74) is 1.56. The summed E-state index contributed by atoms with van der Waals surface area (Å²) >= 11 is 0. The van der Waals surface area contributed by atoms with Crippen molar-refractivity contribution in [3.63, 3.8) is 0 Å². The molecule has 1 saturated heterocycles. The molecule has 0 unspecified atom stereocenters. The monoisotopic (exact) mass is 502 g/mol. The second-order valence-electron chi connectivity index (χ2n) is 8.23. The molecule has 0 atom stereocenters. The van der Waals surface area contributed by atoms with Gasteiger partial charge in [-0.2, -0.15) is 5.10 Å². The number of rotatable bonds is 7. The maximum absolute atomic E-state index is 5.05. The first-order chi connectivity index (χ1) is 13.2. The second kappa shape index (κ2) is 12.0. The molecule has 0 radical (unpaired) electrons. The molecule has 0 bridgehead atoms. The fourth-order valence-electron chi connectivity index (χ4n) is 4.65. The fourth-order valence-corrected chi connectivity index (χ4v) is 4.65. The second-order valence-corrected chi connectivity index (χ2v) is 8.23. The normalized spacial score (nSPS) is 20.4. The van der Waals surface area contributed by atoms with E-state index in [1.54, 1.807) is 0 Å². The molecule has 2 heterocycles. The van der Waals surface area contributed by atoms with Crippen molar-refractivity contribution in [1.82, 2.24) is 25.3 Å². The maximum Gasteiger partial charge on any atom is 0.191 e. The molecule has 2 aliphatic rings. The summed E-state index contributed by atoms with van der Waals surface area (Å²) in [5.74, 6) is 0.961. The number of aryl methyl sites for hydroxylation is 1. The molecule has 3 rings (SSSR count). The average Bonchev–Trinajstić information content (AvgIpc) is 3.12. The quantitative estimate of drug-likeness (QED) is 0.341. The molecule has 1 aliphatic carbocycles. The number of halogens is 1. The van der Waals surface area contributed by atoms with E-state index in [2.05, 4.69) is 33.8 Å². The Morgan fingerprint density at radius 3 is 2.46 bits per heavy atom. The Morgan fingerprint density at radius 2 is 1.82 bits per heavy atom. The molecule has 6 nitrogen and oxygen atoms in total. The summed E-state index contributed by atoms with van der Waals surface area (Å²) in [4.78, 5) is 7.83. The zero-order valence-corrected chi connectivity index (χ0v) is 20.1. The summed E-state index contributed by atoms with van der Waals surface area (Å²) in [7, 11) is 1.96. The van der Waals surface area contributed by atoms with E-state index in [9.17, 15) is 0 Å². The summed E-state index contributed by atoms with van der Waals surface area (Å²) in [6, 6.07) is 0. The van der Waals surface area contributed by atoms with E-state index in [0.29, 0.717) is 5.54 Å². The van der Waals surface area contributed by atoms with Crippen LogP contribution in [0.3, 0.4) is 0 Å². The number of hydrogen-bond donors (Lipinski definition) is 2. The van der Waals surface area contributed by atoms with Gasteiger partial charge in [0.05, 0.1) is 12.7 Å². The molecule has 28 heavy (non-hydrogen) atoms. The first kappa shape index (κ1) is 23.4. The average molecular weight is 502 g/mol. The minimum Gasteiger partial charge on any atom is -0.357 e. The van der Waals surface area contributed by atoms with E-state index in [4.69, 9.17) is 4.99 Å². The molecule has 0 spiro atoms. The van der Waals surface area contributed by atoms with Gasteiger partial charge in [0.15, 0.2) is 5.96 Å². The Balaban J connectivity index is 0.00000280. The van der Waals surface area contributed by atoms with Crippen molar-refractivity contribution in [2.75, 3.05) is 32.7 Å². The van der Waals surface area contributed by atoms with Crippen LogP contribution in [0.25, 0.3) is 0 Å². The van der Waals surface area contributed by atoms with Gasteiger partial charge in [0.2, 0.25) is 0 Å². The van der Waals surface area contributed by atoms with Gasteiger partial charge in [-0.25, -0.2) is 0 Å². The Morgan fingerprint density at radius 1 is 1.11 bits per heavy atom. The number of nitrogens with one attached hydrogen (secondary N) is 2. The first-order valence-electron chi connectivity index (χ1n) is 11.0. The standard InChI is InChI=1S/C21H38N6.HI/c1-3-22-20(23-13-10-19-16-25-26(2)17-19)24-18-21(11-6-4-7-12-21)27-14-8-5-9-15-27;/h16-17H,3-15,18H2,1-2H3,(H2,22,23,24);1H. The van der Waals surface area contributed by atoms with Crippen molar-refractivity contribution in [1.29, 1.82) is 0 Å². The van der Waals surface area contributed by atoms with Crippen LogP contribution in [0.5, 0.6) is 0 Å². The van der Waals surface area contributed by atoms with Gasteiger partial charge in [-0.1, -0.05) is 25.7 Å². The minimum atomic E-state index is 0. The number of piperidine rings is 1. The van der Waals surface area contributed by atoms with Gasteiger partial charge in [-0.3, -0.25) is 14.6 Å². The van der Waals surface area contributed by atoms with Crippen LogP contribution in [0.2, 0.25) is 0 Å². The summed E-state index contributed by atoms with van der Waals surface area (Å²) in [5, 5.41) is 11.2. The molecule has 1 saturated carbocycles. The lowest BCUT2D eigenvalue weighted by Crippen LogP contribution is -2.54. The smallest absolute Gasteiger partial charge is 0.191 e.